The third kappa shape index (κ3) is 3.80. The maximum atomic E-state index is 11.8. The fourth-order valence-electron chi connectivity index (χ4n) is 2.02. The Morgan fingerprint density at radius 3 is 2.82 bits per heavy atom. The molecule has 0 aliphatic carbocycles. The minimum absolute atomic E-state index is 0.00992. The molecule has 0 N–H and O–H groups in total. The summed E-state index contributed by atoms with van der Waals surface area (Å²) in [6.07, 6.45) is 2.94. The molecule has 0 unspecified atom stereocenters. The lowest BCUT2D eigenvalue weighted by Crippen LogP contribution is -2.30. The van der Waals surface area contributed by atoms with Crippen LogP contribution in [0.3, 0.4) is 0 Å². The molecule has 0 saturated carbocycles. The van der Waals surface area contributed by atoms with E-state index in [0.29, 0.717) is 6.42 Å². The van der Waals surface area contributed by atoms with Crippen LogP contribution in [0.2, 0.25) is 0 Å². The quantitative estimate of drug-likeness (QED) is 0.220. The molecule has 0 spiro atoms. The first-order valence-electron chi connectivity index (χ1n) is 5.87. The molecule has 0 bridgehead atoms. The van der Waals surface area contributed by atoms with Gasteiger partial charge in [0.2, 0.25) is 6.54 Å². The molecule has 1 rings (SSSR count). The van der Waals surface area contributed by atoms with E-state index in [9.17, 15) is 19.7 Å². The first-order chi connectivity index (χ1) is 8.06. The van der Waals surface area contributed by atoms with Gasteiger partial charge in [-0.1, -0.05) is 19.8 Å². The number of carbonyl (C=O) groups excluding carboxylic acids is 2. The number of unbranched alkanes of at least 4 members (excludes halogenated alkanes) is 2. The van der Waals surface area contributed by atoms with Gasteiger partial charge in [-0.3, -0.25) is 19.7 Å². The van der Waals surface area contributed by atoms with E-state index < -0.39 is 22.7 Å². The van der Waals surface area contributed by atoms with Crippen LogP contribution in [0.15, 0.2) is 0 Å². The zero-order valence-corrected chi connectivity index (χ0v) is 9.89. The summed E-state index contributed by atoms with van der Waals surface area (Å²) in [6, 6.07) is 0. The number of cyclic esters (lactones) is 1. The number of hydrogen-bond donors (Lipinski definition) is 0. The van der Waals surface area contributed by atoms with Gasteiger partial charge >= 0.3 is 5.97 Å². The molecule has 0 aromatic carbocycles. The summed E-state index contributed by atoms with van der Waals surface area (Å²) >= 11 is 0. The van der Waals surface area contributed by atoms with Gasteiger partial charge in [0, 0.05) is 11.3 Å². The standard InChI is InChI=1S/C11H17NO5/c1-2-3-4-5-9(13)10-8(6-12(15)16)7-17-11(10)14/h8,10H,2-7H2,1H3/t8-,10-/m1/s1. The molecule has 1 heterocycles. The molecule has 96 valence electrons. The lowest BCUT2D eigenvalue weighted by Gasteiger charge is -2.09. The second-order valence-corrected chi connectivity index (χ2v) is 4.31. The van der Waals surface area contributed by atoms with Gasteiger partial charge in [-0.05, 0) is 6.42 Å². The lowest BCUT2D eigenvalue weighted by atomic mass is 9.89. The van der Waals surface area contributed by atoms with E-state index in [1.165, 1.54) is 0 Å². The van der Waals surface area contributed by atoms with Crippen LogP contribution in [0.25, 0.3) is 0 Å². The van der Waals surface area contributed by atoms with E-state index in [1.807, 2.05) is 6.92 Å². The number of esters is 1. The highest BCUT2D eigenvalue weighted by Crippen LogP contribution is 2.25. The van der Waals surface area contributed by atoms with E-state index >= 15 is 0 Å². The third-order valence-corrected chi connectivity index (χ3v) is 2.92. The number of Topliss-reactive ketones (excluding diaryl/α,β-unsaturated/α-hetero) is 1. The molecule has 1 aliphatic rings. The first-order valence-corrected chi connectivity index (χ1v) is 5.87. The van der Waals surface area contributed by atoms with Gasteiger partial charge < -0.3 is 4.74 Å². The maximum Gasteiger partial charge on any atom is 0.317 e. The topological polar surface area (TPSA) is 86.5 Å². The fraction of sp³-hybridized carbons (Fsp3) is 0.818. The van der Waals surface area contributed by atoms with E-state index in [-0.39, 0.29) is 18.9 Å². The molecule has 0 amide bonds. The molecule has 17 heavy (non-hydrogen) atoms. The van der Waals surface area contributed by atoms with Crippen LogP contribution in [0.1, 0.15) is 32.6 Å². The zero-order chi connectivity index (χ0) is 12.8. The van der Waals surface area contributed by atoms with Crippen LogP contribution in [-0.4, -0.2) is 29.8 Å². The zero-order valence-electron chi connectivity index (χ0n) is 9.89. The Kier molecular flexibility index (Phi) is 5.06. The summed E-state index contributed by atoms with van der Waals surface area (Å²) in [5.41, 5.74) is 0. The first kappa shape index (κ1) is 13.6. The molecule has 1 fully saturated rings. The van der Waals surface area contributed by atoms with Crippen molar-refractivity contribution in [3.63, 3.8) is 0 Å². The van der Waals surface area contributed by atoms with E-state index in [4.69, 9.17) is 4.74 Å². The van der Waals surface area contributed by atoms with Gasteiger partial charge in [-0.15, -0.1) is 0 Å². The van der Waals surface area contributed by atoms with Crippen LogP contribution in [0.5, 0.6) is 0 Å². The average molecular weight is 243 g/mol. The minimum Gasteiger partial charge on any atom is -0.465 e. The van der Waals surface area contributed by atoms with E-state index in [2.05, 4.69) is 0 Å². The van der Waals surface area contributed by atoms with Gasteiger partial charge in [0.25, 0.3) is 0 Å². The van der Waals surface area contributed by atoms with Crippen molar-refractivity contribution in [3.8, 4) is 0 Å². The average Bonchev–Trinajstić information content (AvgIpc) is 2.59. The Labute approximate surface area is 99.5 Å². The smallest absolute Gasteiger partial charge is 0.317 e. The summed E-state index contributed by atoms with van der Waals surface area (Å²) in [5.74, 6) is -2.32. The van der Waals surface area contributed by atoms with Gasteiger partial charge in [0.05, 0.1) is 5.92 Å². The number of rotatable bonds is 7. The molecule has 0 radical (unpaired) electrons. The maximum absolute atomic E-state index is 11.8. The highest BCUT2D eigenvalue weighted by Gasteiger charge is 2.44. The summed E-state index contributed by atoms with van der Waals surface area (Å²) in [5, 5.41) is 10.4. The van der Waals surface area contributed by atoms with Crippen molar-refractivity contribution in [1.29, 1.82) is 0 Å². The Bertz CT molecular complexity index is 315. The summed E-state index contributed by atoms with van der Waals surface area (Å²) in [7, 11) is 0. The Balaban J connectivity index is 2.54. The molecule has 6 heteroatoms. The number of nitro groups is 1. The number of hydrogen-bond acceptors (Lipinski definition) is 5. The SMILES string of the molecule is CCCCCC(=O)[C@@H]1C(=O)OC[C@H]1C[N+](=O)[O-]. The van der Waals surface area contributed by atoms with Crippen LogP contribution in [-0.2, 0) is 14.3 Å². The predicted molar refractivity (Wildman–Crippen MR) is 58.9 cm³/mol. The van der Waals surface area contributed by atoms with Crippen LogP contribution >= 0.6 is 0 Å². The van der Waals surface area contributed by atoms with Crippen molar-refractivity contribution in [1.82, 2.24) is 0 Å². The third-order valence-electron chi connectivity index (χ3n) is 2.92. The van der Waals surface area contributed by atoms with Gasteiger partial charge in [-0.25, -0.2) is 0 Å². The van der Waals surface area contributed by atoms with Crippen molar-refractivity contribution in [2.75, 3.05) is 13.2 Å². The molecular formula is C11H17NO5. The van der Waals surface area contributed by atoms with Crippen molar-refractivity contribution in [2.45, 2.75) is 32.6 Å². The number of carbonyl (C=O) groups is 2. The monoisotopic (exact) mass is 243 g/mol. The second kappa shape index (κ2) is 6.32. The lowest BCUT2D eigenvalue weighted by molar-refractivity contribution is -0.488. The Morgan fingerprint density at radius 1 is 1.53 bits per heavy atom. The molecule has 1 saturated heterocycles. The van der Waals surface area contributed by atoms with Crippen LogP contribution in [0, 0.1) is 22.0 Å². The van der Waals surface area contributed by atoms with Crippen molar-refractivity contribution in [2.24, 2.45) is 11.8 Å². The van der Waals surface area contributed by atoms with Crippen LogP contribution < -0.4 is 0 Å². The number of ketones is 1. The summed E-state index contributed by atoms with van der Waals surface area (Å²) < 4.78 is 4.74. The predicted octanol–water partition coefficient (Wildman–Crippen LogP) is 1.20. The minimum atomic E-state index is -0.919. The van der Waals surface area contributed by atoms with Crippen molar-refractivity contribution >= 4 is 11.8 Å². The van der Waals surface area contributed by atoms with E-state index in [0.717, 1.165) is 19.3 Å². The second-order valence-electron chi connectivity index (χ2n) is 4.31. The highest BCUT2D eigenvalue weighted by atomic mass is 16.6. The normalized spacial score (nSPS) is 23.5. The highest BCUT2D eigenvalue weighted by molar-refractivity contribution is 6.00. The number of nitrogens with zero attached hydrogens (tertiary/aromatic N) is 1. The Hall–Kier alpha value is -1.46. The summed E-state index contributed by atoms with van der Waals surface area (Å²) in [6.45, 7) is 1.63. The van der Waals surface area contributed by atoms with Gasteiger partial charge in [0.15, 0.2) is 0 Å². The van der Waals surface area contributed by atoms with Crippen molar-refractivity contribution in [3.05, 3.63) is 10.1 Å². The van der Waals surface area contributed by atoms with Crippen molar-refractivity contribution < 1.29 is 19.2 Å². The molecular weight excluding hydrogens is 226 g/mol. The molecule has 0 aromatic rings. The largest absolute Gasteiger partial charge is 0.465 e. The molecule has 2 atom stereocenters. The van der Waals surface area contributed by atoms with Crippen LogP contribution in [0.4, 0.5) is 0 Å². The molecule has 0 aromatic heterocycles. The molecule has 6 nitrogen and oxygen atoms in total. The fourth-order valence-corrected chi connectivity index (χ4v) is 2.02. The number of ether oxygens (including phenoxy) is 1. The molecule has 1 aliphatic heterocycles. The summed E-state index contributed by atoms with van der Waals surface area (Å²) in [4.78, 5) is 33.1. The van der Waals surface area contributed by atoms with Gasteiger partial charge in [0.1, 0.15) is 18.3 Å². The Morgan fingerprint density at radius 2 is 2.24 bits per heavy atom. The van der Waals surface area contributed by atoms with E-state index in [1.54, 1.807) is 0 Å². The van der Waals surface area contributed by atoms with Gasteiger partial charge in [-0.2, -0.15) is 0 Å².